The molecule has 164 valence electrons. The summed E-state index contributed by atoms with van der Waals surface area (Å²) in [5.41, 5.74) is 1.61. The van der Waals surface area contributed by atoms with Crippen LogP contribution in [0.1, 0.15) is 36.8 Å². The molecule has 0 spiro atoms. The first kappa shape index (κ1) is 21.4. The third-order valence-electron chi connectivity index (χ3n) is 6.16. The van der Waals surface area contributed by atoms with Crippen LogP contribution in [0.2, 0.25) is 0 Å². The van der Waals surface area contributed by atoms with Gasteiger partial charge in [0.2, 0.25) is 11.8 Å². The smallest absolute Gasteiger partial charge is 0.262 e. The van der Waals surface area contributed by atoms with Crippen LogP contribution in [0.25, 0.3) is 0 Å². The summed E-state index contributed by atoms with van der Waals surface area (Å²) in [5, 5.41) is 0. The third-order valence-corrected chi connectivity index (χ3v) is 7.68. The number of nitrogens with zero attached hydrogens (tertiary/aromatic N) is 1. The van der Waals surface area contributed by atoms with Crippen molar-refractivity contribution in [3.05, 3.63) is 53.6 Å². The molecule has 0 radical (unpaired) electrons. The summed E-state index contributed by atoms with van der Waals surface area (Å²) >= 11 is 0. The first-order valence-corrected chi connectivity index (χ1v) is 11.9. The van der Waals surface area contributed by atoms with Gasteiger partial charge in [0.15, 0.2) is 0 Å². The molecule has 7 nitrogen and oxygen atoms in total. The van der Waals surface area contributed by atoms with Crippen molar-refractivity contribution >= 4 is 27.5 Å². The zero-order chi connectivity index (χ0) is 22.2. The highest BCUT2D eigenvalue weighted by atomic mass is 32.2. The van der Waals surface area contributed by atoms with Crippen LogP contribution in [-0.2, 0) is 26.2 Å². The van der Waals surface area contributed by atoms with Gasteiger partial charge < -0.3 is 4.74 Å². The molecule has 1 aliphatic carbocycles. The number of amides is 2. The molecule has 1 saturated heterocycles. The summed E-state index contributed by atoms with van der Waals surface area (Å²) in [4.78, 5) is 26.9. The summed E-state index contributed by atoms with van der Waals surface area (Å²) in [6.45, 7) is 1.81. The number of hydrogen-bond donors (Lipinski definition) is 1. The van der Waals surface area contributed by atoms with Gasteiger partial charge in [-0.25, -0.2) is 8.42 Å². The maximum atomic E-state index is 13.0. The Morgan fingerprint density at radius 3 is 2.19 bits per heavy atom. The molecule has 31 heavy (non-hydrogen) atoms. The first-order valence-electron chi connectivity index (χ1n) is 10.4. The molecule has 2 unspecified atom stereocenters. The Labute approximate surface area is 182 Å². The van der Waals surface area contributed by atoms with Gasteiger partial charge in [-0.2, -0.15) is 0 Å². The van der Waals surface area contributed by atoms with Crippen LogP contribution in [-0.4, -0.2) is 32.2 Å². The van der Waals surface area contributed by atoms with E-state index in [2.05, 4.69) is 4.72 Å². The van der Waals surface area contributed by atoms with Crippen molar-refractivity contribution in [3.8, 4) is 5.75 Å². The van der Waals surface area contributed by atoms with Crippen LogP contribution in [0.5, 0.6) is 5.75 Å². The number of ether oxygens (including phenoxy) is 1. The molecule has 1 saturated carbocycles. The Kier molecular flexibility index (Phi) is 5.75. The second-order valence-electron chi connectivity index (χ2n) is 8.19. The van der Waals surface area contributed by atoms with E-state index in [0.29, 0.717) is 22.6 Å². The maximum Gasteiger partial charge on any atom is 0.262 e. The van der Waals surface area contributed by atoms with Crippen molar-refractivity contribution in [2.24, 2.45) is 11.8 Å². The van der Waals surface area contributed by atoms with Gasteiger partial charge >= 0.3 is 0 Å². The predicted octanol–water partition coefficient (Wildman–Crippen LogP) is 3.48. The SMILES string of the molecule is COc1ccc(NS(=O)(=O)c2cc(CN3C(=O)C4CCCCC4C3=O)ccc2C)cc1. The van der Waals surface area contributed by atoms with E-state index in [1.165, 1.54) is 4.90 Å². The van der Waals surface area contributed by atoms with Crippen LogP contribution in [0, 0.1) is 18.8 Å². The largest absolute Gasteiger partial charge is 0.497 e. The quantitative estimate of drug-likeness (QED) is 0.692. The zero-order valence-electron chi connectivity index (χ0n) is 17.6. The zero-order valence-corrected chi connectivity index (χ0v) is 18.4. The number of rotatable bonds is 6. The topological polar surface area (TPSA) is 92.8 Å². The summed E-state index contributed by atoms with van der Waals surface area (Å²) in [6.07, 6.45) is 3.45. The number of sulfonamides is 1. The molecule has 0 bridgehead atoms. The van der Waals surface area contributed by atoms with Gasteiger partial charge in [0, 0.05) is 5.69 Å². The molecule has 2 fully saturated rings. The lowest BCUT2D eigenvalue weighted by molar-refractivity contribution is -0.140. The molecule has 8 heteroatoms. The molecular weight excluding hydrogens is 416 g/mol. The van der Waals surface area contributed by atoms with E-state index in [0.717, 1.165) is 25.7 Å². The minimum absolute atomic E-state index is 0.0933. The maximum absolute atomic E-state index is 13.0. The van der Waals surface area contributed by atoms with Crippen LogP contribution in [0.4, 0.5) is 5.69 Å². The van der Waals surface area contributed by atoms with Crippen molar-refractivity contribution in [3.63, 3.8) is 0 Å². The Bertz CT molecular complexity index is 1090. The molecule has 2 aromatic rings. The molecule has 2 atom stereocenters. The molecule has 1 N–H and O–H groups in total. The van der Waals surface area contributed by atoms with Gasteiger partial charge in [-0.3, -0.25) is 19.2 Å². The normalized spacial score (nSPS) is 21.2. The average Bonchev–Trinajstić information content (AvgIpc) is 3.00. The highest BCUT2D eigenvalue weighted by Crippen LogP contribution is 2.38. The van der Waals surface area contributed by atoms with Crippen molar-refractivity contribution < 1.29 is 22.7 Å². The third kappa shape index (κ3) is 4.17. The van der Waals surface area contributed by atoms with Gasteiger partial charge in [0.25, 0.3) is 10.0 Å². The molecule has 2 aromatic carbocycles. The molecule has 2 amide bonds. The molecule has 2 aliphatic rings. The van der Waals surface area contributed by atoms with Crippen LogP contribution in [0.15, 0.2) is 47.4 Å². The van der Waals surface area contributed by atoms with E-state index in [1.54, 1.807) is 56.5 Å². The second kappa shape index (κ2) is 8.34. The lowest BCUT2D eigenvalue weighted by atomic mass is 9.81. The van der Waals surface area contributed by atoms with Crippen molar-refractivity contribution in [1.82, 2.24) is 4.90 Å². The number of likely N-dealkylation sites (tertiary alicyclic amines) is 1. The number of aryl methyl sites for hydroxylation is 1. The standard InChI is InChI=1S/C23H26N2O5S/c1-15-7-8-16(14-25-22(26)19-5-3-4-6-20(19)23(25)27)13-21(15)31(28,29)24-17-9-11-18(30-2)12-10-17/h7-13,19-20,24H,3-6,14H2,1-2H3. The Balaban J connectivity index is 1.56. The fourth-order valence-electron chi connectivity index (χ4n) is 4.47. The number of carbonyl (C=O) groups is 2. The average molecular weight is 443 g/mol. The van der Waals surface area contributed by atoms with Gasteiger partial charge in [0.1, 0.15) is 5.75 Å². The van der Waals surface area contributed by atoms with E-state index < -0.39 is 10.0 Å². The van der Waals surface area contributed by atoms with Crippen LogP contribution < -0.4 is 9.46 Å². The number of imide groups is 1. The minimum atomic E-state index is -3.85. The molecule has 1 aliphatic heterocycles. The fraction of sp³-hybridized carbons (Fsp3) is 0.391. The second-order valence-corrected chi connectivity index (χ2v) is 9.84. The molecule has 1 heterocycles. The lowest BCUT2D eigenvalue weighted by Gasteiger charge is -2.19. The minimum Gasteiger partial charge on any atom is -0.497 e. The monoisotopic (exact) mass is 442 g/mol. The predicted molar refractivity (Wildman–Crippen MR) is 116 cm³/mol. The summed E-state index contributed by atoms with van der Waals surface area (Å²) < 4.78 is 33.7. The van der Waals surface area contributed by atoms with Gasteiger partial charge in [-0.05, 0) is 61.2 Å². The van der Waals surface area contributed by atoms with Crippen molar-refractivity contribution in [1.29, 1.82) is 0 Å². The Morgan fingerprint density at radius 1 is 1.00 bits per heavy atom. The fourth-order valence-corrected chi connectivity index (χ4v) is 5.83. The number of carbonyl (C=O) groups excluding carboxylic acids is 2. The summed E-state index contributed by atoms with van der Waals surface area (Å²) in [7, 11) is -2.31. The summed E-state index contributed by atoms with van der Waals surface area (Å²) in [5.74, 6) is -0.0630. The summed E-state index contributed by atoms with van der Waals surface area (Å²) in [6, 6.07) is 11.6. The van der Waals surface area contributed by atoms with Crippen molar-refractivity contribution in [2.45, 2.75) is 44.0 Å². The van der Waals surface area contributed by atoms with Crippen LogP contribution in [0.3, 0.4) is 0 Å². The highest BCUT2D eigenvalue weighted by molar-refractivity contribution is 7.92. The van der Waals surface area contributed by atoms with Gasteiger partial charge in [-0.1, -0.05) is 25.0 Å². The number of methoxy groups -OCH3 is 1. The Morgan fingerprint density at radius 2 is 1.61 bits per heavy atom. The van der Waals surface area contributed by atoms with Gasteiger partial charge in [0.05, 0.1) is 30.4 Å². The van der Waals surface area contributed by atoms with E-state index in [1.807, 2.05) is 0 Å². The molecular formula is C23H26N2O5S. The molecule has 4 rings (SSSR count). The molecule has 0 aromatic heterocycles. The van der Waals surface area contributed by atoms with E-state index in [4.69, 9.17) is 4.74 Å². The van der Waals surface area contributed by atoms with E-state index in [9.17, 15) is 18.0 Å². The number of nitrogens with one attached hydrogen (secondary N) is 1. The Hall–Kier alpha value is -2.87. The van der Waals surface area contributed by atoms with Crippen molar-refractivity contribution in [2.75, 3.05) is 11.8 Å². The number of hydrogen-bond acceptors (Lipinski definition) is 5. The number of fused-ring (bicyclic) bond motifs is 1. The number of benzene rings is 2. The first-order chi connectivity index (χ1) is 14.8. The number of anilines is 1. The van der Waals surface area contributed by atoms with E-state index in [-0.39, 0.29) is 35.1 Å². The van der Waals surface area contributed by atoms with Gasteiger partial charge in [-0.15, -0.1) is 0 Å². The van der Waals surface area contributed by atoms with E-state index >= 15 is 0 Å². The lowest BCUT2D eigenvalue weighted by Crippen LogP contribution is -2.30. The van der Waals surface area contributed by atoms with Crippen LogP contribution >= 0.6 is 0 Å². The highest BCUT2D eigenvalue weighted by Gasteiger charge is 2.47.